The highest BCUT2D eigenvalue weighted by atomic mass is 32.2. The quantitative estimate of drug-likeness (QED) is 0.176. The Morgan fingerprint density at radius 1 is 0.318 bits per heavy atom. The molecule has 0 N–H and O–H groups in total. The minimum Gasteiger partial charge on any atom is -0.0881 e. The van der Waals surface area contributed by atoms with E-state index in [4.69, 9.17) is 0 Å². The third-order valence-electron chi connectivity index (χ3n) is 9.74. The van der Waals surface area contributed by atoms with Crippen molar-refractivity contribution in [1.82, 2.24) is 0 Å². The van der Waals surface area contributed by atoms with Gasteiger partial charge in [-0.2, -0.15) is 0 Å². The fraction of sp³-hybridized carbons (Fsp3) is 0.0233. The summed E-state index contributed by atoms with van der Waals surface area (Å²) >= 11 is 1.98. The SMILES string of the molecule is c1ccc2c(c1)cc(C1c3c(c4ccccc4c4ccccc34)Sc3c1c1ccccc1c1ccccc31)c1ccccc12. The molecule has 1 aliphatic heterocycles. The summed E-state index contributed by atoms with van der Waals surface area (Å²) in [7, 11) is 0. The van der Waals surface area contributed by atoms with E-state index in [1.165, 1.54) is 91.1 Å². The second-order valence-corrected chi connectivity index (χ2v) is 13.0. The Bertz CT molecular complexity index is 2520. The van der Waals surface area contributed by atoms with Crippen molar-refractivity contribution in [3.05, 3.63) is 168 Å². The standard InChI is InChI=1S/C43H26S/c1-2-14-27-26(13-1)25-38(33-20-4-3-15-28(27)33)39-40-34-21-9-5-16-29(34)31-18-7-11-23-36(31)42(40)44-43-37-24-12-8-19-32(37)30-17-6-10-22-35(30)41(39)43/h1-25,39H. The van der Waals surface area contributed by atoms with Crippen molar-refractivity contribution in [1.29, 1.82) is 0 Å². The molecule has 1 aliphatic rings. The van der Waals surface area contributed by atoms with Crippen LogP contribution in [0.4, 0.5) is 0 Å². The first kappa shape index (κ1) is 24.3. The van der Waals surface area contributed by atoms with Gasteiger partial charge in [-0.3, -0.25) is 0 Å². The van der Waals surface area contributed by atoms with Crippen LogP contribution in [0.3, 0.4) is 0 Å². The monoisotopic (exact) mass is 574 g/mol. The van der Waals surface area contributed by atoms with Crippen LogP contribution in [0.1, 0.15) is 22.6 Å². The molecular formula is C43H26S. The molecule has 0 radical (unpaired) electrons. The molecule has 0 unspecified atom stereocenters. The van der Waals surface area contributed by atoms with Crippen LogP contribution in [0.25, 0.3) is 64.6 Å². The molecule has 0 atom stereocenters. The second-order valence-electron chi connectivity index (χ2n) is 11.9. The van der Waals surface area contributed by atoms with Gasteiger partial charge in [-0.1, -0.05) is 157 Å². The molecule has 9 aromatic carbocycles. The van der Waals surface area contributed by atoms with Gasteiger partial charge in [0.15, 0.2) is 0 Å². The van der Waals surface area contributed by atoms with Gasteiger partial charge in [0.1, 0.15) is 0 Å². The summed E-state index contributed by atoms with van der Waals surface area (Å²) < 4.78 is 0. The van der Waals surface area contributed by atoms with E-state index in [2.05, 4.69) is 152 Å². The van der Waals surface area contributed by atoms with Crippen LogP contribution in [-0.2, 0) is 0 Å². The largest absolute Gasteiger partial charge is 0.0881 e. The number of benzene rings is 9. The first-order valence-electron chi connectivity index (χ1n) is 15.3. The van der Waals surface area contributed by atoms with Crippen molar-refractivity contribution in [2.75, 3.05) is 0 Å². The van der Waals surface area contributed by atoms with Gasteiger partial charge in [-0.15, -0.1) is 0 Å². The van der Waals surface area contributed by atoms with E-state index in [0.29, 0.717) is 0 Å². The molecule has 204 valence electrons. The van der Waals surface area contributed by atoms with Crippen molar-refractivity contribution in [2.24, 2.45) is 0 Å². The lowest BCUT2D eigenvalue weighted by Gasteiger charge is -2.34. The molecule has 1 heterocycles. The van der Waals surface area contributed by atoms with Gasteiger partial charge in [-0.25, -0.2) is 0 Å². The van der Waals surface area contributed by atoms with E-state index < -0.39 is 0 Å². The molecule has 1 heteroatoms. The average molecular weight is 575 g/mol. The van der Waals surface area contributed by atoms with E-state index >= 15 is 0 Å². The van der Waals surface area contributed by atoms with E-state index in [1.807, 2.05) is 11.8 Å². The van der Waals surface area contributed by atoms with Gasteiger partial charge in [0.25, 0.3) is 0 Å². The molecule has 0 fully saturated rings. The molecular weight excluding hydrogens is 549 g/mol. The summed E-state index contributed by atoms with van der Waals surface area (Å²) in [6.45, 7) is 0. The minimum atomic E-state index is 0.0553. The summed E-state index contributed by atoms with van der Waals surface area (Å²) in [6.07, 6.45) is 0. The normalized spacial score (nSPS) is 13.3. The van der Waals surface area contributed by atoms with Crippen LogP contribution in [-0.4, -0.2) is 0 Å². The van der Waals surface area contributed by atoms with Gasteiger partial charge in [0.05, 0.1) is 0 Å². The highest BCUT2D eigenvalue weighted by Crippen LogP contribution is 2.58. The van der Waals surface area contributed by atoms with Crippen molar-refractivity contribution >= 4 is 76.4 Å². The first-order valence-corrected chi connectivity index (χ1v) is 16.1. The Balaban J connectivity index is 1.48. The van der Waals surface area contributed by atoms with Crippen LogP contribution in [0, 0.1) is 0 Å². The zero-order chi connectivity index (χ0) is 28.8. The lowest BCUT2D eigenvalue weighted by Crippen LogP contribution is -2.13. The van der Waals surface area contributed by atoms with Crippen LogP contribution >= 0.6 is 11.8 Å². The minimum absolute atomic E-state index is 0.0553. The lowest BCUT2D eigenvalue weighted by atomic mass is 9.76. The smallest absolute Gasteiger partial charge is 0.0381 e. The number of hydrogen-bond donors (Lipinski definition) is 0. The van der Waals surface area contributed by atoms with Crippen molar-refractivity contribution in [3.8, 4) is 0 Å². The summed E-state index contributed by atoms with van der Waals surface area (Å²) in [5, 5.41) is 15.9. The first-order chi connectivity index (χ1) is 21.9. The maximum Gasteiger partial charge on any atom is 0.0381 e. The number of hydrogen-bond acceptors (Lipinski definition) is 1. The van der Waals surface area contributed by atoms with Crippen LogP contribution in [0.2, 0.25) is 0 Å². The van der Waals surface area contributed by atoms with E-state index in [9.17, 15) is 0 Å². The molecule has 0 saturated heterocycles. The topological polar surface area (TPSA) is 0 Å². The second kappa shape index (κ2) is 9.19. The molecule has 0 aliphatic carbocycles. The molecule has 0 aromatic heterocycles. The van der Waals surface area contributed by atoms with Crippen LogP contribution in [0.15, 0.2) is 161 Å². The lowest BCUT2D eigenvalue weighted by molar-refractivity contribution is 0.949. The third-order valence-corrected chi connectivity index (χ3v) is 11.0. The maximum absolute atomic E-state index is 2.49. The molecule has 10 rings (SSSR count). The van der Waals surface area contributed by atoms with Crippen molar-refractivity contribution in [2.45, 2.75) is 15.7 Å². The predicted octanol–water partition coefficient (Wildman–Crippen LogP) is 12.3. The van der Waals surface area contributed by atoms with E-state index in [-0.39, 0.29) is 5.92 Å². The maximum atomic E-state index is 2.49. The molecule has 0 bridgehead atoms. The highest BCUT2D eigenvalue weighted by molar-refractivity contribution is 8.00. The molecule has 0 nitrogen and oxygen atoms in total. The predicted molar refractivity (Wildman–Crippen MR) is 189 cm³/mol. The number of rotatable bonds is 1. The summed E-state index contributed by atoms with van der Waals surface area (Å²) in [5.74, 6) is 0.0553. The molecule has 0 spiro atoms. The van der Waals surface area contributed by atoms with Gasteiger partial charge in [0.2, 0.25) is 0 Å². The fourth-order valence-electron chi connectivity index (χ4n) is 7.94. The molecule has 0 saturated carbocycles. The van der Waals surface area contributed by atoms with Gasteiger partial charge < -0.3 is 0 Å². The summed E-state index contributed by atoms with van der Waals surface area (Å²) in [4.78, 5) is 2.77. The Labute approximate surface area is 259 Å². The third kappa shape index (κ3) is 3.25. The van der Waals surface area contributed by atoms with Gasteiger partial charge in [-0.05, 0) is 87.4 Å². The Hall–Kier alpha value is -5.11. The molecule has 44 heavy (non-hydrogen) atoms. The van der Waals surface area contributed by atoms with E-state index in [1.54, 1.807) is 0 Å². The molecule has 9 aromatic rings. The van der Waals surface area contributed by atoms with Gasteiger partial charge >= 0.3 is 0 Å². The average Bonchev–Trinajstić information content (AvgIpc) is 3.10. The van der Waals surface area contributed by atoms with Crippen LogP contribution < -0.4 is 0 Å². The van der Waals surface area contributed by atoms with Crippen molar-refractivity contribution in [3.63, 3.8) is 0 Å². The fourth-order valence-corrected chi connectivity index (χ4v) is 9.40. The van der Waals surface area contributed by atoms with Crippen molar-refractivity contribution < 1.29 is 0 Å². The Kier molecular flexibility index (Phi) is 5.09. The zero-order valence-corrected chi connectivity index (χ0v) is 24.7. The highest BCUT2D eigenvalue weighted by Gasteiger charge is 2.35. The Morgan fingerprint density at radius 2 is 0.659 bits per heavy atom. The number of fused-ring (bicyclic) bond motifs is 15. The van der Waals surface area contributed by atoms with Crippen LogP contribution in [0.5, 0.6) is 0 Å². The Morgan fingerprint density at radius 3 is 1.16 bits per heavy atom. The van der Waals surface area contributed by atoms with E-state index in [0.717, 1.165) is 0 Å². The molecule has 0 amide bonds. The summed E-state index contributed by atoms with van der Waals surface area (Å²) in [5.41, 5.74) is 4.23. The van der Waals surface area contributed by atoms with Gasteiger partial charge in [0, 0.05) is 15.7 Å². The zero-order valence-electron chi connectivity index (χ0n) is 23.9. The summed E-state index contributed by atoms with van der Waals surface area (Å²) in [6, 6.07) is 56.6.